The van der Waals surface area contributed by atoms with Crippen LogP contribution in [0.5, 0.6) is 5.75 Å². The molecule has 1 heterocycles. The molecule has 1 aromatic heterocycles. The van der Waals surface area contributed by atoms with Crippen LogP contribution in [-0.2, 0) is 6.42 Å². The van der Waals surface area contributed by atoms with E-state index in [9.17, 15) is 4.79 Å². The van der Waals surface area contributed by atoms with Crippen molar-refractivity contribution in [3.63, 3.8) is 0 Å². The van der Waals surface area contributed by atoms with Crippen LogP contribution in [0.25, 0.3) is 0 Å². The van der Waals surface area contributed by atoms with Gasteiger partial charge in [-0.2, -0.15) is 0 Å². The third-order valence-corrected chi connectivity index (χ3v) is 4.32. The van der Waals surface area contributed by atoms with Gasteiger partial charge in [0.1, 0.15) is 17.3 Å². The molecule has 28 heavy (non-hydrogen) atoms. The van der Waals surface area contributed by atoms with Gasteiger partial charge in [0.2, 0.25) is 0 Å². The molecule has 0 saturated carbocycles. The predicted octanol–water partition coefficient (Wildman–Crippen LogP) is 4.44. The van der Waals surface area contributed by atoms with Crippen molar-refractivity contribution < 1.29 is 9.53 Å². The topological polar surface area (TPSA) is 76.1 Å². The molecular weight excluding hydrogens is 376 g/mol. The lowest BCUT2D eigenvalue weighted by Gasteiger charge is -2.10. The van der Waals surface area contributed by atoms with Gasteiger partial charge in [-0.25, -0.2) is 9.97 Å². The summed E-state index contributed by atoms with van der Waals surface area (Å²) in [5, 5.41) is 6.45. The zero-order valence-electron chi connectivity index (χ0n) is 15.5. The molecule has 0 fully saturated rings. The maximum absolute atomic E-state index is 12.4. The Morgan fingerprint density at radius 3 is 2.64 bits per heavy atom. The number of nitrogens with one attached hydrogen (secondary N) is 2. The molecule has 3 rings (SSSR count). The molecule has 1 amide bonds. The molecule has 3 aromatic rings. The second-order valence-electron chi connectivity index (χ2n) is 6.10. The predicted molar refractivity (Wildman–Crippen MR) is 111 cm³/mol. The zero-order chi connectivity index (χ0) is 19.8. The minimum Gasteiger partial charge on any atom is -0.495 e. The lowest BCUT2D eigenvalue weighted by molar-refractivity contribution is 0.102. The maximum atomic E-state index is 12.4. The van der Waals surface area contributed by atoms with E-state index in [4.69, 9.17) is 16.3 Å². The number of halogens is 1. The Labute approximate surface area is 168 Å². The SMILES string of the molecule is COc1ccc(Cl)cc1NC(=O)c1cnc(NCCCc2ccccc2)cn1. The van der Waals surface area contributed by atoms with E-state index in [1.165, 1.54) is 18.9 Å². The summed E-state index contributed by atoms with van der Waals surface area (Å²) >= 11 is 5.98. The smallest absolute Gasteiger partial charge is 0.275 e. The molecule has 7 heteroatoms. The largest absolute Gasteiger partial charge is 0.495 e. The Morgan fingerprint density at radius 1 is 1.11 bits per heavy atom. The van der Waals surface area contributed by atoms with Crippen LogP contribution in [0.15, 0.2) is 60.9 Å². The Hall–Kier alpha value is -3.12. The van der Waals surface area contributed by atoms with Crippen molar-refractivity contribution in [3.05, 3.63) is 77.2 Å². The highest BCUT2D eigenvalue weighted by atomic mass is 35.5. The monoisotopic (exact) mass is 396 g/mol. The number of carbonyl (C=O) groups is 1. The molecular formula is C21H21ClN4O2. The Balaban J connectivity index is 1.52. The lowest BCUT2D eigenvalue weighted by atomic mass is 10.1. The number of hydrogen-bond acceptors (Lipinski definition) is 5. The standard InChI is InChI=1S/C21H21ClN4O2/c1-28-19-10-9-16(22)12-17(19)26-21(27)18-13-25-20(14-24-18)23-11-5-8-15-6-3-2-4-7-15/h2-4,6-7,9-10,12-14H,5,8,11H2,1H3,(H,23,25)(H,26,27). The fraction of sp³-hybridized carbons (Fsp3) is 0.190. The van der Waals surface area contributed by atoms with Gasteiger partial charge in [-0.3, -0.25) is 4.79 Å². The first kappa shape index (κ1) is 19.6. The second-order valence-corrected chi connectivity index (χ2v) is 6.54. The number of ether oxygens (including phenoxy) is 1. The molecule has 0 aliphatic heterocycles. The highest BCUT2D eigenvalue weighted by Gasteiger charge is 2.12. The number of amides is 1. The van der Waals surface area contributed by atoms with Crippen LogP contribution < -0.4 is 15.4 Å². The van der Waals surface area contributed by atoms with Gasteiger partial charge in [0.15, 0.2) is 0 Å². The first-order valence-electron chi connectivity index (χ1n) is 8.90. The first-order valence-corrected chi connectivity index (χ1v) is 9.28. The van der Waals surface area contributed by atoms with Gasteiger partial charge in [-0.05, 0) is 36.6 Å². The fourth-order valence-corrected chi connectivity index (χ4v) is 2.83. The fourth-order valence-electron chi connectivity index (χ4n) is 2.65. The molecule has 0 bridgehead atoms. The summed E-state index contributed by atoms with van der Waals surface area (Å²) in [6.07, 6.45) is 4.95. The number of methoxy groups -OCH3 is 1. The number of benzene rings is 2. The molecule has 0 aliphatic rings. The average Bonchev–Trinajstić information content (AvgIpc) is 2.72. The number of nitrogens with zero attached hydrogens (tertiary/aromatic N) is 2. The third kappa shape index (κ3) is 5.44. The number of hydrogen-bond donors (Lipinski definition) is 2. The van der Waals surface area contributed by atoms with Gasteiger partial charge < -0.3 is 15.4 Å². The molecule has 2 aromatic carbocycles. The van der Waals surface area contributed by atoms with E-state index in [1.54, 1.807) is 24.4 Å². The summed E-state index contributed by atoms with van der Waals surface area (Å²) in [7, 11) is 1.52. The van der Waals surface area contributed by atoms with Crippen LogP contribution in [-0.4, -0.2) is 29.5 Å². The molecule has 0 radical (unpaired) electrons. The van der Waals surface area contributed by atoms with Gasteiger partial charge in [-0.15, -0.1) is 0 Å². The molecule has 2 N–H and O–H groups in total. The minimum absolute atomic E-state index is 0.205. The zero-order valence-corrected chi connectivity index (χ0v) is 16.2. The Morgan fingerprint density at radius 2 is 1.93 bits per heavy atom. The van der Waals surface area contributed by atoms with Gasteiger partial charge in [0.25, 0.3) is 5.91 Å². The molecule has 0 aliphatic carbocycles. The average molecular weight is 397 g/mol. The summed E-state index contributed by atoms with van der Waals surface area (Å²) in [4.78, 5) is 20.8. The summed E-state index contributed by atoms with van der Waals surface area (Å²) in [5.41, 5.74) is 1.99. The first-order chi connectivity index (χ1) is 13.7. The highest BCUT2D eigenvalue weighted by molar-refractivity contribution is 6.31. The summed E-state index contributed by atoms with van der Waals surface area (Å²) in [5.74, 6) is 0.760. The number of aryl methyl sites for hydroxylation is 1. The van der Waals surface area contributed by atoms with E-state index in [0.29, 0.717) is 22.3 Å². The minimum atomic E-state index is -0.385. The van der Waals surface area contributed by atoms with Gasteiger partial charge in [0, 0.05) is 11.6 Å². The quantitative estimate of drug-likeness (QED) is 0.550. The number of anilines is 2. The number of carbonyl (C=O) groups excluding carboxylic acids is 1. The van der Waals surface area contributed by atoms with Crippen LogP contribution in [0.3, 0.4) is 0 Å². The van der Waals surface area contributed by atoms with Crippen molar-refractivity contribution in [2.24, 2.45) is 0 Å². The summed E-state index contributed by atoms with van der Waals surface area (Å²) < 4.78 is 5.22. The van der Waals surface area contributed by atoms with Crippen molar-refractivity contribution in [1.82, 2.24) is 9.97 Å². The Kier molecular flexibility index (Phi) is 6.81. The lowest BCUT2D eigenvalue weighted by Crippen LogP contribution is -2.15. The van der Waals surface area contributed by atoms with E-state index in [-0.39, 0.29) is 11.6 Å². The van der Waals surface area contributed by atoms with Crippen molar-refractivity contribution in [2.75, 3.05) is 24.3 Å². The van der Waals surface area contributed by atoms with Gasteiger partial charge >= 0.3 is 0 Å². The Bertz CT molecular complexity index is 917. The van der Waals surface area contributed by atoms with Crippen LogP contribution in [0, 0.1) is 0 Å². The number of aromatic nitrogens is 2. The van der Waals surface area contributed by atoms with E-state index in [2.05, 4.69) is 32.7 Å². The van der Waals surface area contributed by atoms with E-state index >= 15 is 0 Å². The van der Waals surface area contributed by atoms with E-state index < -0.39 is 0 Å². The van der Waals surface area contributed by atoms with Gasteiger partial charge in [-0.1, -0.05) is 41.9 Å². The van der Waals surface area contributed by atoms with E-state index in [0.717, 1.165) is 19.4 Å². The van der Waals surface area contributed by atoms with Crippen LogP contribution in [0.2, 0.25) is 5.02 Å². The molecule has 6 nitrogen and oxygen atoms in total. The van der Waals surface area contributed by atoms with Crippen molar-refractivity contribution >= 4 is 29.0 Å². The number of rotatable bonds is 8. The van der Waals surface area contributed by atoms with Crippen LogP contribution in [0.4, 0.5) is 11.5 Å². The van der Waals surface area contributed by atoms with E-state index in [1.807, 2.05) is 18.2 Å². The van der Waals surface area contributed by atoms with Gasteiger partial charge in [0.05, 0.1) is 25.2 Å². The van der Waals surface area contributed by atoms with Crippen molar-refractivity contribution in [1.29, 1.82) is 0 Å². The highest BCUT2D eigenvalue weighted by Crippen LogP contribution is 2.27. The third-order valence-electron chi connectivity index (χ3n) is 4.09. The van der Waals surface area contributed by atoms with Crippen molar-refractivity contribution in [2.45, 2.75) is 12.8 Å². The molecule has 0 saturated heterocycles. The van der Waals surface area contributed by atoms with Crippen LogP contribution >= 0.6 is 11.6 Å². The van der Waals surface area contributed by atoms with Crippen LogP contribution in [0.1, 0.15) is 22.5 Å². The maximum Gasteiger partial charge on any atom is 0.275 e. The second kappa shape index (κ2) is 9.71. The molecule has 0 atom stereocenters. The summed E-state index contributed by atoms with van der Waals surface area (Å²) in [6.45, 7) is 0.773. The molecule has 0 unspecified atom stereocenters. The summed E-state index contributed by atoms with van der Waals surface area (Å²) in [6, 6.07) is 15.3. The molecule has 0 spiro atoms. The van der Waals surface area contributed by atoms with Crippen molar-refractivity contribution in [3.8, 4) is 5.75 Å². The molecule has 144 valence electrons. The normalized spacial score (nSPS) is 10.4.